The van der Waals surface area contributed by atoms with Crippen molar-refractivity contribution in [3.05, 3.63) is 70.3 Å². The molecule has 0 radical (unpaired) electrons. The van der Waals surface area contributed by atoms with E-state index >= 15 is 0 Å². The maximum Gasteiger partial charge on any atom is 0.269 e. The van der Waals surface area contributed by atoms with Crippen LogP contribution in [0.4, 0.5) is 5.69 Å². The molecule has 0 saturated heterocycles. The Labute approximate surface area is 140 Å². The third kappa shape index (κ3) is 5.12. The zero-order chi connectivity index (χ0) is 17.6. The molecule has 2 aromatic carbocycles. The smallest absolute Gasteiger partial charge is 0.269 e. The number of non-ortho nitro benzene ring substituents is 1. The Bertz CT molecular complexity index is 777. The van der Waals surface area contributed by atoms with Gasteiger partial charge in [-0.3, -0.25) is 10.1 Å². The number of nitrogens with one attached hydrogen (secondary N) is 2. The van der Waals surface area contributed by atoms with Gasteiger partial charge in [0.25, 0.3) is 5.69 Å². The van der Waals surface area contributed by atoms with Crippen molar-refractivity contribution in [3.63, 3.8) is 0 Å². The monoisotopic (exact) mass is 349 g/mol. The quantitative estimate of drug-likeness (QED) is 0.561. The van der Waals surface area contributed by atoms with Gasteiger partial charge in [-0.1, -0.05) is 30.3 Å². The molecule has 7 nitrogen and oxygen atoms in total. The van der Waals surface area contributed by atoms with Gasteiger partial charge in [0.1, 0.15) is 0 Å². The van der Waals surface area contributed by atoms with Crippen molar-refractivity contribution in [2.45, 2.75) is 24.4 Å². The van der Waals surface area contributed by atoms with Crippen LogP contribution in [-0.2, 0) is 16.6 Å². The lowest BCUT2D eigenvalue weighted by atomic mass is 10.2. The number of sulfonamides is 1. The summed E-state index contributed by atoms with van der Waals surface area (Å²) in [4.78, 5) is 10.0. The predicted octanol–water partition coefficient (Wildman–Crippen LogP) is 2.05. The lowest BCUT2D eigenvalue weighted by Gasteiger charge is -2.15. The van der Waals surface area contributed by atoms with Crippen LogP contribution in [0.15, 0.2) is 59.5 Å². The number of nitrogens with zero attached hydrogens (tertiary/aromatic N) is 1. The Morgan fingerprint density at radius 3 is 2.29 bits per heavy atom. The molecule has 2 rings (SSSR count). The van der Waals surface area contributed by atoms with E-state index in [1.165, 1.54) is 24.3 Å². The summed E-state index contributed by atoms with van der Waals surface area (Å²) in [7, 11) is -3.71. The molecule has 0 aliphatic carbocycles. The summed E-state index contributed by atoms with van der Waals surface area (Å²) in [5.74, 6) is 0. The van der Waals surface area contributed by atoms with Crippen molar-refractivity contribution >= 4 is 15.7 Å². The minimum Gasteiger partial charge on any atom is -0.311 e. The molecule has 0 saturated carbocycles. The minimum absolute atomic E-state index is 0.00279. The molecule has 0 heterocycles. The molecule has 0 spiro atoms. The highest BCUT2D eigenvalue weighted by molar-refractivity contribution is 7.89. The first-order valence-corrected chi connectivity index (χ1v) is 8.88. The highest BCUT2D eigenvalue weighted by Gasteiger charge is 2.18. The van der Waals surface area contributed by atoms with E-state index in [1.54, 1.807) is 6.92 Å². The van der Waals surface area contributed by atoms with Crippen molar-refractivity contribution in [2.24, 2.45) is 0 Å². The first-order valence-electron chi connectivity index (χ1n) is 7.40. The number of hydrogen-bond donors (Lipinski definition) is 2. The predicted molar refractivity (Wildman–Crippen MR) is 91.0 cm³/mol. The second-order valence-corrected chi connectivity index (χ2v) is 7.10. The molecule has 0 aliphatic rings. The Hall–Kier alpha value is -2.29. The fraction of sp³-hybridized carbons (Fsp3) is 0.250. The van der Waals surface area contributed by atoms with Crippen LogP contribution in [0.2, 0.25) is 0 Å². The lowest BCUT2D eigenvalue weighted by Crippen LogP contribution is -2.39. The lowest BCUT2D eigenvalue weighted by molar-refractivity contribution is -0.384. The van der Waals surface area contributed by atoms with Gasteiger partial charge in [-0.2, -0.15) is 0 Å². The maximum absolute atomic E-state index is 12.2. The largest absolute Gasteiger partial charge is 0.311 e. The first kappa shape index (κ1) is 18.1. The minimum atomic E-state index is -3.71. The second kappa shape index (κ2) is 8.00. The van der Waals surface area contributed by atoms with Crippen LogP contribution in [0.1, 0.15) is 12.5 Å². The maximum atomic E-state index is 12.2. The second-order valence-electron chi connectivity index (χ2n) is 5.39. The standard InChI is InChI=1S/C16H19N3O4S/c1-13(11-17-12-14-5-3-2-4-6-14)18-24(22,23)16-9-7-15(8-10-16)19(20)21/h2-10,13,17-18H,11-12H2,1H3/t13-/m0/s1. The van der Waals surface area contributed by atoms with Crippen LogP contribution in [-0.4, -0.2) is 25.9 Å². The molecule has 0 fully saturated rings. The van der Waals surface area contributed by atoms with Crippen molar-refractivity contribution < 1.29 is 13.3 Å². The van der Waals surface area contributed by atoms with E-state index in [0.29, 0.717) is 13.1 Å². The van der Waals surface area contributed by atoms with Gasteiger partial charge in [0.2, 0.25) is 10.0 Å². The number of rotatable bonds is 8. The van der Waals surface area contributed by atoms with Crippen LogP contribution in [0.25, 0.3) is 0 Å². The van der Waals surface area contributed by atoms with Crippen molar-refractivity contribution in [1.29, 1.82) is 0 Å². The van der Waals surface area contributed by atoms with Crippen molar-refractivity contribution in [2.75, 3.05) is 6.54 Å². The van der Waals surface area contributed by atoms with E-state index in [0.717, 1.165) is 5.56 Å². The topological polar surface area (TPSA) is 101 Å². The van der Waals surface area contributed by atoms with Gasteiger partial charge in [-0.25, -0.2) is 13.1 Å². The molecule has 0 bridgehead atoms. The van der Waals surface area contributed by atoms with E-state index in [2.05, 4.69) is 10.0 Å². The number of benzene rings is 2. The zero-order valence-corrected chi connectivity index (χ0v) is 14.0. The van der Waals surface area contributed by atoms with E-state index < -0.39 is 14.9 Å². The molecular formula is C16H19N3O4S. The molecule has 2 N–H and O–H groups in total. The zero-order valence-electron chi connectivity index (χ0n) is 13.2. The van der Waals surface area contributed by atoms with Crippen LogP contribution < -0.4 is 10.0 Å². The fourth-order valence-corrected chi connectivity index (χ4v) is 3.39. The van der Waals surface area contributed by atoms with Gasteiger partial charge in [-0.15, -0.1) is 0 Å². The van der Waals surface area contributed by atoms with Crippen LogP contribution >= 0.6 is 0 Å². The van der Waals surface area contributed by atoms with Crippen molar-refractivity contribution in [1.82, 2.24) is 10.0 Å². The normalized spacial score (nSPS) is 12.7. The third-order valence-electron chi connectivity index (χ3n) is 3.34. The van der Waals surface area contributed by atoms with E-state index in [9.17, 15) is 18.5 Å². The molecule has 128 valence electrons. The van der Waals surface area contributed by atoms with Crippen LogP contribution in [0.3, 0.4) is 0 Å². The van der Waals surface area contributed by atoms with Gasteiger partial charge in [0.05, 0.1) is 9.82 Å². The summed E-state index contributed by atoms with van der Waals surface area (Å²) in [6.07, 6.45) is 0. The summed E-state index contributed by atoms with van der Waals surface area (Å²) in [5.41, 5.74) is 0.967. The van der Waals surface area contributed by atoms with E-state index in [-0.39, 0.29) is 16.6 Å². The summed E-state index contributed by atoms with van der Waals surface area (Å²) in [5, 5.41) is 13.8. The third-order valence-corrected chi connectivity index (χ3v) is 4.94. The van der Waals surface area contributed by atoms with Gasteiger partial charge < -0.3 is 5.32 Å². The number of hydrogen-bond acceptors (Lipinski definition) is 5. The van der Waals surface area contributed by atoms with Crippen LogP contribution in [0.5, 0.6) is 0 Å². The van der Waals surface area contributed by atoms with E-state index in [4.69, 9.17) is 0 Å². The van der Waals surface area contributed by atoms with Crippen molar-refractivity contribution in [3.8, 4) is 0 Å². The number of nitro benzene ring substituents is 1. The molecule has 0 aromatic heterocycles. The summed E-state index contributed by atoms with van der Waals surface area (Å²) in [6, 6.07) is 14.3. The molecule has 0 amide bonds. The van der Waals surface area contributed by atoms with Gasteiger partial charge >= 0.3 is 0 Å². The Morgan fingerprint density at radius 1 is 1.08 bits per heavy atom. The highest BCUT2D eigenvalue weighted by atomic mass is 32.2. The summed E-state index contributed by atoms with van der Waals surface area (Å²) < 4.78 is 27.0. The van der Waals surface area contributed by atoms with Gasteiger partial charge in [-0.05, 0) is 24.6 Å². The highest BCUT2D eigenvalue weighted by Crippen LogP contribution is 2.15. The fourth-order valence-electron chi connectivity index (χ4n) is 2.15. The first-order chi connectivity index (χ1) is 11.4. The Kier molecular flexibility index (Phi) is 6.02. The summed E-state index contributed by atoms with van der Waals surface area (Å²) in [6.45, 7) is 2.85. The van der Waals surface area contributed by atoms with Crippen LogP contribution in [0, 0.1) is 10.1 Å². The molecule has 2 aromatic rings. The number of nitro groups is 1. The SMILES string of the molecule is C[C@@H](CNCc1ccccc1)NS(=O)(=O)c1ccc([N+](=O)[O-])cc1. The summed E-state index contributed by atoms with van der Waals surface area (Å²) >= 11 is 0. The molecule has 0 unspecified atom stereocenters. The Balaban J connectivity index is 1.89. The molecule has 0 aliphatic heterocycles. The average molecular weight is 349 g/mol. The molecule has 8 heteroatoms. The molecule has 24 heavy (non-hydrogen) atoms. The van der Waals surface area contributed by atoms with Gasteiger partial charge in [0.15, 0.2) is 0 Å². The molecule has 1 atom stereocenters. The van der Waals surface area contributed by atoms with E-state index in [1.807, 2.05) is 30.3 Å². The Morgan fingerprint density at radius 2 is 1.71 bits per heavy atom. The van der Waals surface area contributed by atoms with Gasteiger partial charge in [0, 0.05) is 31.3 Å². The average Bonchev–Trinajstić information content (AvgIpc) is 2.55. The molecular weight excluding hydrogens is 330 g/mol.